The Hall–Kier alpha value is -1.83. The van der Waals surface area contributed by atoms with Crippen LogP contribution in [0.2, 0.25) is 0 Å². The number of piperidine rings is 1. The van der Waals surface area contributed by atoms with Crippen LogP contribution in [-0.4, -0.2) is 64.9 Å². The van der Waals surface area contributed by atoms with Gasteiger partial charge in [0.1, 0.15) is 5.75 Å². The molecule has 1 aliphatic heterocycles. The largest absolute Gasteiger partial charge is 0.508 e. The summed E-state index contributed by atoms with van der Waals surface area (Å²) in [6.45, 7) is 3.41. The van der Waals surface area contributed by atoms with E-state index in [0.717, 1.165) is 51.1 Å². The van der Waals surface area contributed by atoms with Gasteiger partial charge in [-0.1, -0.05) is 6.07 Å². The molecule has 2 saturated carbocycles. The number of hydrogen-bond donors (Lipinski definition) is 5. The Morgan fingerprint density at radius 3 is 2.83 bits per heavy atom. The first kappa shape index (κ1) is 20.1. The minimum Gasteiger partial charge on any atom is -0.508 e. The molecule has 7 heteroatoms. The maximum atomic E-state index is 12.4. The summed E-state index contributed by atoms with van der Waals surface area (Å²) in [5.41, 5.74) is 12.3. The SMILES string of the molecule is NC(N)=NCCNC1CCC23CCN(CC4CC4)C(Cc4ccc(O)cc42)C3(O)C1. The van der Waals surface area contributed by atoms with Crippen molar-refractivity contribution in [2.75, 3.05) is 26.2 Å². The van der Waals surface area contributed by atoms with Crippen LogP contribution >= 0.6 is 0 Å². The number of hydrogen-bond acceptors (Lipinski definition) is 5. The lowest BCUT2D eigenvalue weighted by Crippen LogP contribution is -2.74. The molecule has 4 unspecified atom stereocenters. The average Bonchev–Trinajstić information content (AvgIpc) is 3.51. The molecule has 5 rings (SSSR count). The van der Waals surface area contributed by atoms with Crippen LogP contribution in [0.5, 0.6) is 5.75 Å². The van der Waals surface area contributed by atoms with Crippen molar-refractivity contribution < 1.29 is 10.2 Å². The molecule has 7 nitrogen and oxygen atoms in total. The number of aliphatic imine (C=N–C) groups is 1. The normalized spacial score (nSPS) is 35.4. The number of nitrogens with one attached hydrogen (secondary N) is 1. The minimum absolute atomic E-state index is 0.118. The Kier molecular flexibility index (Phi) is 4.95. The van der Waals surface area contributed by atoms with Crippen molar-refractivity contribution in [3.05, 3.63) is 29.3 Å². The van der Waals surface area contributed by atoms with Crippen LogP contribution in [0.4, 0.5) is 0 Å². The maximum Gasteiger partial charge on any atom is 0.185 e. The molecule has 1 heterocycles. The number of aromatic hydroxyl groups is 1. The number of phenols is 1. The Bertz CT molecular complexity index is 837. The molecule has 0 spiro atoms. The van der Waals surface area contributed by atoms with Gasteiger partial charge in [0.15, 0.2) is 5.96 Å². The zero-order valence-electron chi connectivity index (χ0n) is 17.7. The Labute approximate surface area is 178 Å². The number of fused-ring (bicyclic) bond motifs is 1. The van der Waals surface area contributed by atoms with E-state index in [1.54, 1.807) is 6.07 Å². The quantitative estimate of drug-likeness (QED) is 0.268. The third-order valence-electron chi connectivity index (χ3n) is 8.17. The summed E-state index contributed by atoms with van der Waals surface area (Å²) in [6.07, 6.45) is 7.15. The van der Waals surface area contributed by atoms with Gasteiger partial charge in [0.2, 0.25) is 0 Å². The molecule has 0 radical (unpaired) electrons. The van der Waals surface area contributed by atoms with Crippen molar-refractivity contribution in [3.8, 4) is 5.75 Å². The summed E-state index contributed by atoms with van der Waals surface area (Å²) in [4.78, 5) is 6.64. The molecular weight excluding hydrogens is 378 g/mol. The zero-order valence-corrected chi connectivity index (χ0v) is 17.7. The van der Waals surface area contributed by atoms with Gasteiger partial charge in [-0.3, -0.25) is 9.89 Å². The highest BCUT2D eigenvalue weighted by Crippen LogP contribution is 2.58. The molecule has 7 N–H and O–H groups in total. The predicted octanol–water partition coefficient (Wildman–Crippen LogP) is 0.817. The average molecular weight is 414 g/mol. The molecule has 4 atom stereocenters. The van der Waals surface area contributed by atoms with Crippen molar-refractivity contribution in [1.82, 2.24) is 10.2 Å². The molecule has 2 bridgehead atoms. The van der Waals surface area contributed by atoms with Crippen LogP contribution in [0.25, 0.3) is 0 Å². The summed E-state index contributed by atoms with van der Waals surface area (Å²) < 4.78 is 0. The van der Waals surface area contributed by atoms with Crippen molar-refractivity contribution in [2.45, 2.75) is 68.0 Å². The van der Waals surface area contributed by atoms with Gasteiger partial charge in [0.25, 0.3) is 0 Å². The second-order valence-corrected chi connectivity index (χ2v) is 9.96. The van der Waals surface area contributed by atoms with Gasteiger partial charge in [-0.15, -0.1) is 0 Å². The van der Waals surface area contributed by atoms with Crippen LogP contribution in [0.3, 0.4) is 0 Å². The van der Waals surface area contributed by atoms with E-state index < -0.39 is 5.60 Å². The highest BCUT2D eigenvalue weighted by Gasteiger charge is 2.64. The number of benzene rings is 1. The Morgan fingerprint density at radius 1 is 1.23 bits per heavy atom. The minimum atomic E-state index is -0.785. The summed E-state index contributed by atoms with van der Waals surface area (Å²) in [5, 5.41) is 26.2. The van der Waals surface area contributed by atoms with Gasteiger partial charge in [0.05, 0.1) is 12.1 Å². The van der Waals surface area contributed by atoms with E-state index in [1.165, 1.54) is 24.0 Å². The number of aliphatic hydroxyl groups is 1. The lowest BCUT2D eigenvalue weighted by Gasteiger charge is -2.65. The molecule has 164 valence electrons. The molecule has 4 aliphatic rings. The Balaban J connectivity index is 1.44. The number of nitrogens with zero attached hydrogens (tertiary/aromatic N) is 2. The zero-order chi connectivity index (χ0) is 20.9. The van der Waals surface area contributed by atoms with E-state index in [4.69, 9.17) is 11.5 Å². The third kappa shape index (κ3) is 3.27. The summed E-state index contributed by atoms with van der Waals surface area (Å²) in [7, 11) is 0. The maximum absolute atomic E-state index is 12.4. The van der Waals surface area contributed by atoms with Crippen molar-refractivity contribution in [1.29, 1.82) is 0 Å². The molecule has 1 saturated heterocycles. The van der Waals surface area contributed by atoms with Gasteiger partial charge >= 0.3 is 0 Å². The first-order chi connectivity index (χ1) is 14.4. The lowest BCUT2D eigenvalue weighted by molar-refractivity contribution is -0.171. The highest BCUT2D eigenvalue weighted by atomic mass is 16.3. The van der Waals surface area contributed by atoms with Gasteiger partial charge in [0, 0.05) is 30.6 Å². The number of phenolic OH excluding ortho intramolecular Hbond substituents is 1. The molecule has 0 amide bonds. The number of guanidine groups is 1. The molecule has 0 aromatic heterocycles. The van der Waals surface area contributed by atoms with Crippen LogP contribution in [0.15, 0.2) is 23.2 Å². The summed E-state index contributed by atoms with van der Waals surface area (Å²) in [6, 6.07) is 6.21. The number of nitrogens with two attached hydrogens (primary N) is 2. The predicted molar refractivity (Wildman–Crippen MR) is 117 cm³/mol. The fourth-order valence-electron chi connectivity index (χ4n) is 6.57. The molecule has 1 aromatic carbocycles. The van der Waals surface area contributed by atoms with Crippen LogP contribution in [-0.2, 0) is 11.8 Å². The molecule has 1 aromatic rings. The van der Waals surface area contributed by atoms with Crippen LogP contribution < -0.4 is 16.8 Å². The van der Waals surface area contributed by atoms with E-state index in [1.807, 2.05) is 6.07 Å². The standard InChI is InChI=1S/C23H35N5O2/c24-21(25)27-9-8-26-17-5-6-22-7-10-28(14-15-1-2-15)20(23(22,30)13-17)11-16-3-4-18(29)12-19(16)22/h3-4,12,15,17,20,26,29-30H,1-2,5-11,13-14H2,(H4,24,25,27). The van der Waals surface area contributed by atoms with E-state index in [2.05, 4.69) is 21.3 Å². The molecule has 30 heavy (non-hydrogen) atoms. The molecule has 3 aliphatic carbocycles. The van der Waals surface area contributed by atoms with E-state index in [0.29, 0.717) is 18.8 Å². The number of likely N-dealkylation sites (tertiary alicyclic amines) is 1. The second kappa shape index (κ2) is 7.39. The Morgan fingerprint density at radius 2 is 2.07 bits per heavy atom. The van der Waals surface area contributed by atoms with Gasteiger partial charge < -0.3 is 27.0 Å². The lowest BCUT2D eigenvalue weighted by atomic mass is 9.49. The molecular formula is C23H35N5O2. The topological polar surface area (TPSA) is 120 Å². The van der Waals surface area contributed by atoms with E-state index >= 15 is 0 Å². The van der Waals surface area contributed by atoms with Crippen molar-refractivity contribution in [2.24, 2.45) is 22.4 Å². The molecule has 3 fully saturated rings. The second-order valence-electron chi connectivity index (χ2n) is 9.96. The van der Waals surface area contributed by atoms with Gasteiger partial charge in [-0.2, -0.15) is 0 Å². The summed E-state index contributed by atoms with van der Waals surface area (Å²) in [5.74, 6) is 1.23. The van der Waals surface area contributed by atoms with Crippen LogP contribution in [0, 0.1) is 5.92 Å². The summed E-state index contributed by atoms with van der Waals surface area (Å²) >= 11 is 0. The van der Waals surface area contributed by atoms with E-state index in [9.17, 15) is 10.2 Å². The highest BCUT2D eigenvalue weighted by molar-refractivity contribution is 5.75. The fourth-order valence-corrected chi connectivity index (χ4v) is 6.57. The fraction of sp³-hybridized carbons (Fsp3) is 0.696. The first-order valence-electron chi connectivity index (χ1n) is 11.5. The van der Waals surface area contributed by atoms with Gasteiger partial charge in [-0.25, -0.2) is 0 Å². The monoisotopic (exact) mass is 413 g/mol. The third-order valence-corrected chi connectivity index (χ3v) is 8.17. The van der Waals surface area contributed by atoms with Crippen LogP contribution in [0.1, 0.15) is 49.7 Å². The number of rotatable bonds is 6. The first-order valence-corrected chi connectivity index (χ1v) is 11.5. The van der Waals surface area contributed by atoms with Gasteiger partial charge in [-0.05, 0) is 80.7 Å². The van der Waals surface area contributed by atoms with Crippen molar-refractivity contribution >= 4 is 5.96 Å². The van der Waals surface area contributed by atoms with Crippen molar-refractivity contribution in [3.63, 3.8) is 0 Å². The van der Waals surface area contributed by atoms with E-state index in [-0.39, 0.29) is 23.5 Å². The smallest absolute Gasteiger partial charge is 0.185 e.